The molecule has 0 aliphatic rings. The molecule has 7 nitrogen and oxygen atoms in total. The zero-order chi connectivity index (χ0) is 19.8. The molecule has 2 rings (SSSR count). The summed E-state index contributed by atoms with van der Waals surface area (Å²) in [7, 11) is 2.46. The van der Waals surface area contributed by atoms with E-state index >= 15 is 0 Å². The summed E-state index contributed by atoms with van der Waals surface area (Å²) < 4.78 is 10.3. The number of hydrogen-bond acceptors (Lipinski definition) is 5. The number of amides is 2. The molecule has 0 aliphatic carbocycles. The lowest BCUT2D eigenvalue weighted by Crippen LogP contribution is -2.25. The number of anilines is 1. The van der Waals surface area contributed by atoms with Gasteiger partial charge in [-0.25, -0.2) is 14.4 Å². The van der Waals surface area contributed by atoms with Crippen LogP contribution in [0.4, 0.5) is 10.5 Å². The Morgan fingerprint density at radius 3 is 2.41 bits per heavy atom. The van der Waals surface area contributed by atoms with Crippen molar-refractivity contribution in [2.24, 2.45) is 0 Å². The van der Waals surface area contributed by atoms with Crippen molar-refractivity contribution in [2.45, 2.75) is 0 Å². The number of carbonyl (C=O) groups excluding carboxylic acids is 3. The van der Waals surface area contributed by atoms with E-state index in [1.807, 2.05) is 24.3 Å². The standard InChI is InChI=1S/C19H17BrN2O5/c1-26-17(23)13-6-7-15(18(24)27-2)16(11-13)22-19(25)21-9-8-12-4-3-5-14(20)10-12/h3-11H,1-2H3,(H2,21,22,25)/b9-8+. The van der Waals surface area contributed by atoms with Crippen molar-refractivity contribution in [3.63, 3.8) is 0 Å². The maximum absolute atomic E-state index is 12.1. The maximum Gasteiger partial charge on any atom is 0.339 e. The Kier molecular flexibility index (Phi) is 7.13. The molecule has 0 bridgehead atoms. The molecule has 2 amide bonds. The zero-order valence-corrected chi connectivity index (χ0v) is 16.2. The van der Waals surface area contributed by atoms with E-state index in [1.165, 1.54) is 38.6 Å². The average molecular weight is 433 g/mol. The van der Waals surface area contributed by atoms with Gasteiger partial charge in [0.1, 0.15) is 0 Å². The minimum absolute atomic E-state index is 0.108. The number of carbonyl (C=O) groups is 3. The highest BCUT2D eigenvalue weighted by atomic mass is 79.9. The van der Waals surface area contributed by atoms with Gasteiger partial charge in [-0.3, -0.25) is 0 Å². The molecule has 0 saturated heterocycles. The predicted molar refractivity (Wildman–Crippen MR) is 104 cm³/mol. The molecule has 0 spiro atoms. The number of benzene rings is 2. The Labute approximate surface area is 164 Å². The van der Waals surface area contributed by atoms with E-state index in [9.17, 15) is 14.4 Å². The van der Waals surface area contributed by atoms with Crippen LogP contribution in [0.2, 0.25) is 0 Å². The molecule has 8 heteroatoms. The van der Waals surface area contributed by atoms with Gasteiger partial charge in [-0.2, -0.15) is 0 Å². The molecule has 140 valence electrons. The molecule has 0 aromatic heterocycles. The van der Waals surface area contributed by atoms with Crippen LogP contribution in [0.25, 0.3) is 6.08 Å². The van der Waals surface area contributed by atoms with Crippen LogP contribution in [0.5, 0.6) is 0 Å². The van der Waals surface area contributed by atoms with Crippen molar-refractivity contribution < 1.29 is 23.9 Å². The Balaban J connectivity index is 2.14. The fourth-order valence-corrected chi connectivity index (χ4v) is 2.58. The number of esters is 2. The topological polar surface area (TPSA) is 93.7 Å². The monoisotopic (exact) mass is 432 g/mol. The SMILES string of the molecule is COC(=O)c1ccc(C(=O)OC)c(NC(=O)N/C=C/c2cccc(Br)c2)c1. The van der Waals surface area contributed by atoms with Gasteiger partial charge in [0.15, 0.2) is 0 Å². The molecule has 2 aromatic carbocycles. The number of ether oxygens (including phenoxy) is 2. The molecule has 0 saturated carbocycles. The molecule has 0 fully saturated rings. The third-order valence-electron chi connectivity index (χ3n) is 3.43. The molecular weight excluding hydrogens is 416 g/mol. The molecule has 0 atom stereocenters. The summed E-state index contributed by atoms with van der Waals surface area (Å²) in [6.45, 7) is 0. The van der Waals surface area contributed by atoms with Crippen LogP contribution in [0.15, 0.2) is 53.1 Å². The Morgan fingerprint density at radius 1 is 1.00 bits per heavy atom. The van der Waals surface area contributed by atoms with Crippen molar-refractivity contribution in [1.29, 1.82) is 0 Å². The zero-order valence-electron chi connectivity index (χ0n) is 14.6. The smallest absolute Gasteiger partial charge is 0.339 e. The molecule has 2 aromatic rings. The van der Waals surface area contributed by atoms with Gasteiger partial charge in [-0.15, -0.1) is 0 Å². The molecule has 0 unspecified atom stereocenters. The molecular formula is C19H17BrN2O5. The lowest BCUT2D eigenvalue weighted by Gasteiger charge is -2.11. The summed E-state index contributed by atoms with van der Waals surface area (Å²) in [5, 5.41) is 5.06. The summed E-state index contributed by atoms with van der Waals surface area (Å²) in [5.74, 6) is -1.24. The van der Waals surface area contributed by atoms with E-state index < -0.39 is 18.0 Å². The summed E-state index contributed by atoms with van der Waals surface area (Å²) in [4.78, 5) is 35.7. The van der Waals surface area contributed by atoms with Crippen LogP contribution < -0.4 is 10.6 Å². The quantitative estimate of drug-likeness (QED) is 0.700. The van der Waals surface area contributed by atoms with Crippen molar-refractivity contribution >= 4 is 45.7 Å². The third kappa shape index (κ3) is 5.68. The highest BCUT2D eigenvalue weighted by Gasteiger charge is 2.17. The van der Waals surface area contributed by atoms with Crippen LogP contribution in [-0.4, -0.2) is 32.2 Å². The van der Waals surface area contributed by atoms with Crippen molar-refractivity contribution in [2.75, 3.05) is 19.5 Å². The van der Waals surface area contributed by atoms with E-state index in [0.717, 1.165) is 10.0 Å². The van der Waals surface area contributed by atoms with Gasteiger partial charge in [0, 0.05) is 10.7 Å². The van der Waals surface area contributed by atoms with Crippen LogP contribution in [0, 0.1) is 0 Å². The number of halogens is 1. The second kappa shape index (κ2) is 9.54. The van der Waals surface area contributed by atoms with Crippen LogP contribution >= 0.6 is 15.9 Å². The largest absolute Gasteiger partial charge is 0.465 e. The summed E-state index contributed by atoms with van der Waals surface area (Å²) in [6.07, 6.45) is 3.16. The van der Waals surface area contributed by atoms with Crippen molar-refractivity contribution in [3.8, 4) is 0 Å². The van der Waals surface area contributed by atoms with Crippen molar-refractivity contribution in [1.82, 2.24) is 5.32 Å². The van der Waals surface area contributed by atoms with Gasteiger partial charge < -0.3 is 20.1 Å². The number of nitrogens with one attached hydrogen (secondary N) is 2. The lowest BCUT2D eigenvalue weighted by molar-refractivity contribution is 0.0587. The van der Waals surface area contributed by atoms with Crippen LogP contribution in [0.1, 0.15) is 26.3 Å². The minimum Gasteiger partial charge on any atom is -0.465 e. The van der Waals surface area contributed by atoms with E-state index in [2.05, 4.69) is 31.3 Å². The van der Waals surface area contributed by atoms with E-state index in [1.54, 1.807) is 6.08 Å². The average Bonchev–Trinajstić information content (AvgIpc) is 2.66. The second-order valence-corrected chi connectivity index (χ2v) is 6.15. The van der Waals surface area contributed by atoms with Gasteiger partial charge in [-0.1, -0.05) is 28.1 Å². The number of methoxy groups -OCH3 is 2. The summed E-state index contributed by atoms with van der Waals surface area (Å²) >= 11 is 3.36. The van der Waals surface area contributed by atoms with Crippen molar-refractivity contribution in [3.05, 3.63) is 69.8 Å². The number of hydrogen-bond donors (Lipinski definition) is 2. The van der Waals surface area contributed by atoms with Gasteiger partial charge in [0.05, 0.1) is 31.0 Å². The molecule has 0 heterocycles. The van der Waals surface area contributed by atoms with Crippen LogP contribution in [0.3, 0.4) is 0 Å². The maximum atomic E-state index is 12.1. The van der Waals surface area contributed by atoms with Gasteiger partial charge in [0.2, 0.25) is 0 Å². The fourth-order valence-electron chi connectivity index (χ4n) is 2.16. The van der Waals surface area contributed by atoms with E-state index in [4.69, 9.17) is 4.74 Å². The number of rotatable bonds is 5. The predicted octanol–water partition coefficient (Wildman–Crippen LogP) is 3.81. The van der Waals surface area contributed by atoms with E-state index in [-0.39, 0.29) is 16.8 Å². The van der Waals surface area contributed by atoms with Gasteiger partial charge >= 0.3 is 18.0 Å². The summed E-state index contributed by atoms with van der Waals surface area (Å²) in [6, 6.07) is 11.1. The second-order valence-electron chi connectivity index (χ2n) is 5.23. The molecule has 0 radical (unpaired) electrons. The first-order valence-corrected chi connectivity index (χ1v) is 8.54. The Hall–Kier alpha value is -3.13. The Bertz CT molecular complexity index is 895. The van der Waals surface area contributed by atoms with E-state index in [0.29, 0.717) is 0 Å². The first-order chi connectivity index (χ1) is 12.9. The normalized spacial score (nSPS) is 10.3. The first kappa shape index (κ1) is 20.2. The third-order valence-corrected chi connectivity index (χ3v) is 3.93. The molecule has 2 N–H and O–H groups in total. The molecule has 0 aliphatic heterocycles. The van der Waals surface area contributed by atoms with Gasteiger partial charge in [0.25, 0.3) is 0 Å². The highest BCUT2D eigenvalue weighted by molar-refractivity contribution is 9.10. The summed E-state index contributed by atoms with van der Waals surface area (Å²) in [5.41, 5.74) is 1.30. The first-order valence-electron chi connectivity index (χ1n) is 7.75. The molecule has 27 heavy (non-hydrogen) atoms. The number of urea groups is 1. The fraction of sp³-hybridized carbons (Fsp3) is 0.105. The van der Waals surface area contributed by atoms with Gasteiger partial charge in [-0.05, 0) is 42.0 Å². The van der Waals surface area contributed by atoms with Crippen LogP contribution in [-0.2, 0) is 9.47 Å². The Morgan fingerprint density at radius 2 is 1.74 bits per heavy atom. The highest BCUT2D eigenvalue weighted by Crippen LogP contribution is 2.20. The lowest BCUT2D eigenvalue weighted by atomic mass is 10.1. The minimum atomic E-state index is -0.647.